The molecule has 0 bridgehead atoms. The number of hydrogen-bond donors (Lipinski definition) is 2. The van der Waals surface area contributed by atoms with Gasteiger partial charge in [-0.3, -0.25) is 14.9 Å². The minimum absolute atomic E-state index is 0.189. The molecule has 1 aromatic rings. The number of Topliss-reactive ketones (excluding diaryl/α,β-unsaturated/α-hetero) is 1. The van der Waals surface area contributed by atoms with E-state index in [2.05, 4.69) is 15.5 Å². The van der Waals surface area contributed by atoms with Gasteiger partial charge in [-0.25, -0.2) is 4.39 Å². The van der Waals surface area contributed by atoms with Gasteiger partial charge in [0.25, 0.3) is 0 Å². The number of ketones is 1. The van der Waals surface area contributed by atoms with Gasteiger partial charge in [-0.2, -0.15) is 0 Å². The van der Waals surface area contributed by atoms with Crippen molar-refractivity contribution in [2.24, 2.45) is 0 Å². The predicted octanol–water partition coefficient (Wildman–Crippen LogP) is 2.59. The minimum atomic E-state index is -0.513. The molecule has 2 fully saturated rings. The van der Waals surface area contributed by atoms with Gasteiger partial charge < -0.3 is 15.0 Å². The highest BCUT2D eigenvalue weighted by molar-refractivity contribution is 6.01. The fourth-order valence-corrected chi connectivity index (χ4v) is 4.00. The van der Waals surface area contributed by atoms with E-state index in [1.807, 2.05) is 0 Å². The normalized spacial score (nSPS) is 21.4. The number of halogens is 1. The molecule has 0 radical (unpaired) electrons. The number of carbonyl (C=O) groups excluding carboxylic acids is 3. The number of likely N-dealkylation sites (tertiary alicyclic amines) is 1. The van der Waals surface area contributed by atoms with E-state index in [9.17, 15) is 18.8 Å². The summed E-state index contributed by atoms with van der Waals surface area (Å²) in [6.45, 7) is 4.37. The van der Waals surface area contributed by atoms with Gasteiger partial charge in [0.2, 0.25) is 11.8 Å². The van der Waals surface area contributed by atoms with Crippen LogP contribution in [-0.4, -0.2) is 48.2 Å². The number of amides is 2. The Morgan fingerprint density at radius 1 is 1.25 bits per heavy atom. The highest BCUT2D eigenvalue weighted by Gasteiger charge is 2.27. The highest BCUT2D eigenvalue weighted by Crippen LogP contribution is 2.31. The smallest absolute Gasteiger partial charge is 0.249 e. The van der Waals surface area contributed by atoms with Gasteiger partial charge in [0.1, 0.15) is 17.6 Å². The zero-order valence-electron chi connectivity index (χ0n) is 16.3. The lowest BCUT2D eigenvalue weighted by molar-refractivity contribution is -0.133. The Bertz CT molecular complexity index is 744. The van der Waals surface area contributed by atoms with Crippen molar-refractivity contribution in [3.63, 3.8) is 0 Å². The molecule has 2 aliphatic heterocycles. The molecule has 2 heterocycles. The van der Waals surface area contributed by atoms with Crippen molar-refractivity contribution >= 4 is 23.3 Å². The second-order valence-corrected chi connectivity index (χ2v) is 7.81. The van der Waals surface area contributed by atoms with Crippen LogP contribution in [0.1, 0.15) is 56.9 Å². The van der Waals surface area contributed by atoms with Crippen LogP contribution in [-0.2, 0) is 14.4 Å². The van der Waals surface area contributed by atoms with E-state index in [0.717, 1.165) is 44.5 Å². The van der Waals surface area contributed by atoms with E-state index in [0.29, 0.717) is 18.5 Å². The maximum absolute atomic E-state index is 14.7. The summed E-state index contributed by atoms with van der Waals surface area (Å²) in [6, 6.07) is 4.54. The molecular weight excluding hydrogens is 361 g/mol. The van der Waals surface area contributed by atoms with Crippen molar-refractivity contribution in [3.05, 3.63) is 29.6 Å². The lowest BCUT2D eigenvalue weighted by Gasteiger charge is -2.32. The van der Waals surface area contributed by atoms with Crippen LogP contribution in [0, 0.1) is 5.82 Å². The lowest BCUT2D eigenvalue weighted by atomic mass is 9.88. The van der Waals surface area contributed by atoms with Crippen molar-refractivity contribution in [2.75, 3.05) is 25.0 Å². The van der Waals surface area contributed by atoms with Crippen LogP contribution in [0.3, 0.4) is 0 Å². The summed E-state index contributed by atoms with van der Waals surface area (Å²) in [5.41, 5.74) is 1.27. The molecule has 0 saturated carbocycles. The van der Waals surface area contributed by atoms with Crippen molar-refractivity contribution in [1.82, 2.24) is 10.2 Å². The number of hydrogen-bond acceptors (Lipinski definition) is 5. The van der Waals surface area contributed by atoms with E-state index in [-0.39, 0.29) is 35.8 Å². The monoisotopic (exact) mass is 389 g/mol. The second kappa shape index (κ2) is 9.28. The molecular formula is C21H28FN3O3. The van der Waals surface area contributed by atoms with E-state index in [4.69, 9.17) is 0 Å². The van der Waals surface area contributed by atoms with Crippen LogP contribution in [0.2, 0.25) is 0 Å². The fourth-order valence-electron chi connectivity index (χ4n) is 4.00. The third kappa shape index (κ3) is 5.38. The van der Waals surface area contributed by atoms with Crippen molar-refractivity contribution < 1.29 is 18.8 Å². The van der Waals surface area contributed by atoms with Gasteiger partial charge in [-0.05, 0) is 75.9 Å². The topological polar surface area (TPSA) is 78.5 Å². The lowest BCUT2D eigenvalue weighted by Crippen LogP contribution is -2.47. The van der Waals surface area contributed by atoms with Gasteiger partial charge in [0.05, 0.1) is 0 Å². The van der Waals surface area contributed by atoms with E-state index < -0.39 is 6.04 Å². The van der Waals surface area contributed by atoms with Gasteiger partial charge in [0.15, 0.2) is 0 Å². The Kier molecular flexibility index (Phi) is 6.78. The second-order valence-electron chi connectivity index (χ2n) is 7.81. The Labute approximate surface area is 164 Å². The fraction of sp³-hybridized carbons (Fsp3) is 0.571. The standard InChI is InChI=1S/C21H28FN3O3/c1-14(26)3-2-10-25-11-8-15(9-12-25)17-5-4-16(13-18(17)22)23-19-6-7-20(27)24-21(19)28/h4-5,13,15,19,23H,2-3,6-12H2,1H3,(H,24,27,28). The largest absolute Gasteiger partial charge is 0.374 e. The van der Waals surface area contributed by atoms with Crippen LogP contribution in [0.5, 0.6) is 0 Å². The molecule has 0 spiro atoms. The minimum Gasteiger partial charge on any atom is -0.374 e. The SMILES string of the molecule is CC(=O)CCCN1CCC(c2ccc(NC3CCC(=O)NC3=O)cc2F)CC1. The van der Waals surface area contributed by atoms with Crippen molar-refractivity contribution in [1.29, 1.82) is 0 Å². The average Bonchev–Trinajstić information content (AvgIpc) is 2.65. The van der Waals surface area contributed by atoms with Crippen molar-refractivity contribution in [3.8, 4) is 0 Å². The maximum Gasteiger partial charge on any atom is 0.249 e. The zero-order chi connectivity index (χ0) is 20.1. The molecule has 1 aromatic carbocycles. The number of rotatable bonds is 7. The first kappa shape index (κ1) is 20.5. The summed E-state index contributed by atoms with van der Waals surface area (Å²) in [7, 11) is 0. The molecule has 1 unspecified atom stereocenters. The van der Waals surface area contributed by atoms with Gasteiger partial charge in [0, 0.05) is 18.5 Å². The zero-order valence-corrected chi connectivity index (χ0v) is 16.3. The van der Waals surface area contributed by atoms with E-state index in [1.165, 1.54) is 6.07 Å². The maximum atomic E-state index is 14.7. The summed E-state index contributed by atoms with van der Waals surface area (Å²) in [5.74, 6) is -0.473. The first-order valence-electron chi connectivity index (χ1n) is 10.0. The van der Waals surface area contributed by atoms with Crippen LogP contribution in [0.4, 0.5) is 10.1 Å². The number of benzene rings is 1. The molecule has 0 aliphatic carbocycles. The summed E-state index contributed by atoms with van der Waals surface area (Å²) in [6.07, 6.45) is 4.00. The summed E-state index contributed by atoms with van der Waals surface area (Å²) in [5, 5.41) is 5.32. The third-order valence-corrected chi connectivity index (χ3v) is 5.61. The highest BCUT2D eigenvalue weighted by atomic mass is 19.1. The van der Waals surface area contributed by atoms with Crippen LogP contribution < -0.4 is 10.6 Å². The molecule has 2 N–H and O–H groups in total. The van der Waals surface area contributed by atoms with Gasteiger partial charge >= 0.3 is 0 Å². The van der Waals surface area contributed by atoms with Gasteiger partial charge in [-0.1, -0.05) is 6.07 Å². The quantitative estimate of drug-likeness (QED) is 0.701. The molecule has 28 heavy (non-hydrogen) atoms. The number of nitrogens with zero attached hydrogens (tertiary/aromatic N) is 1. The molecule has 7 heteroatoms. The summed E-state index contributed by atoms with van der Waals surface area (Å²) >= 11 is 0. The molecule has 6 nitrogen and oxygen atoms in total. The third-order valence-electron chi connectivity index (χ3n) is 5.61. The molecule has 1 atom stereocenters. The number of piperidine rings is 2. The first-order chi connectivity index (χ1) is 13.4. The number of anilines is 1. The number of carbonyl (C=O) groups is 3. The Morgan fingerprint density at radius 3 is 2.64 bits per heavy atom. The summed E-state index contributed by atoms with van der Waals surface area (Å²) < 4.78 is 14.7. The number of nitrogens with one attached hydrogen (secondary N) is 2. The molecule has 0 aromatic heterocycles. The Balaban J connectivity index is 1.53. The Hall–Kier alpha value is -2.28. The van der Waals surface area contributed by atoms with Crippen LogP contribution >= 0.6 is 0 Å². The number of imide groups is 1. The van der Waals surface area contributed by atoms with E-state index in [1.54, 1.807) is 19.1 Å². The molecule has 2 saturated heterocycles. The predicted molar refractivity (Wildman–Crippen MR) is 105 cm³/mol. The van der Waals surface area contributed by atoms with Crippen LogP contribution in [0.25, 0.3) is 0 Å². The summed E-state index contributed by atoms with van der Waals surface area (Å²) in [4.78, 5) is 36.4. The molecule has 152 valence electrons. The molecule has 2 amide bonds. The van der Waals surface area contributed by atoms with Crippen LogP contribution in [0.15, 0.2) is 18.2 Å². The first-order valence-corrected chi connectivity index (χ1v) is 10.0. The Morgan fingerprint density at radius 2 is 2.00 bits per heavy atom. The van der Waals surface area contributed by atoms with Crippen molar-refractivity contribution in [2.45, 2.75) is 57.4 Å². The van der Waals surface area contributed by atoms with E-state index >= 15 is 0 Å². The molecule has 2 aliphatic rings. The molecule has 3 rings (SSSR count). The average molecular weight is 389 g/mol. The van der Waals surface area contributed by atoms with Gasteiger partial charge in [-0.15, -0.1) is 0 Å².